The Morgan fingerprint density at radius 1 is 1.26 bits per heavy atom. The van der Waals surface area contributed by atoms with Crippen molar-refractivity contribution in [2.24, 2.45) is 17.6 Å². The molecule has 8 heteroatoms. The molecule has 1 fully saturated rings. The number of nitrogens with zero attached hydrogens (tertiary/aromatic N) is 1. The van der Waals surface area contributed by atoms with Crippen LogP contribution in [0.15, 0.2) is 47.7 Å². The van der Waals surface area contributed by atoms with E-state index in [1.54, 1.807) is 6.92 Å². The second-order valence-corrected chi connectivity index (χ2v) is 8.01. The molecule has 1 amide bonds. The van der Waals surface area contributed by atoms with E-state index in [4.69, 9.17) is 10.5 Å². The van der Waals surface area contributed by atoms with E-state index < -0.39 is 18.0 Å². The van der Waals surface area contributed by atoms with Gasteiger partial charge < -0.3 is 30.4 Å². The fraction of sp³-hybridized carbons (Fsp3) is 0.391. The topological polar surface area (TPSA) is 116 Å². The van der Waals surface area contributed by atoms with E-state index in [9.17, 15) is 19.8 Å². The van der Waals surface area contributed by atoms with Gasteiger partial charge in [0.2, 0.25) is 5.91 Å². The number of carboxylic acids is 1. The van der Waals surface area contributed by atoms with Gasteiger partial charge in [-0.15, -0.1) is 0 Å². The summed E-state index contributed by atoms with van der Waals surface area (Å²) in [7, 11) is 0. The maximum Gasteiger partial charge on any atom is 1.00 e. The van der Waals surface area contributed by atoms with Gasteiger partial charge >= 0.3 is 51.4 Å². The molecular formula is C23H25KN2O5. The fourth-order valence-corrected chi connectivity index (χ4v) is 4.82. The van der Waals surface area contributed by atoms with Crippen LogP contribution in [0.1, 0.15) is 19.4 Å². The van der Waals surface area contributed by atoms with E-state index in [2.05, 4.69) is 0 Å². The summed E-state index contributed by atoms with van der Waals surface area (Å²) in [6.07, 6.45) is -0.0967. The van der Waals surface area contributed by atoms with Gasteiger partial charge in [0.05, 0.1) is 29.7 Å². The number of rotatable bonds is 7. The van der Waals surface area contributed by atoms with Crippen LogP contribution in [0.5, 0.6) is 5.75 Å². The monoisotopic (exact) mass is 448 g/mol. The van der Waals surface area contributed by atoms with Gasteiger partial charge in [-0.1, -0.05) is 37.3 Å². The molecule has 2 aromatic carbocycles. The molecule has 0 aliphatic carbocycles. The van der Waals surface area contributed by atoms with Gasteiger partial charge in [-0.3, -0.25) is 4.79 Å². The van der Waals surface area contributed by atoms with Crippen molar-refractivity contribution in [1.82, 2.24) is 4.90 Å². The first-order chi connectivity index (χ1) is 14.4. The van der Waals surface area contributed by atoms with Gasteiger partial charge in [-0.25, -0.2) is 0 Å². The van der Waals surface area contributed by atoms with Crippen LogP contribution in [0.2, 0.25) is 0 Å². The average molecular weight is 449 g/mol. The number of aliphatic carboxylic acids is 1. The number of aliphatic hydroxyl groups excluding tert-OH is 1. The Balaban J connectivity index is 0.00000272. The third-order valence-corrected chi connectivity index (χ3v) is 6.28. The van der Waals surface area contributed by atoms with Gasteiger partial charge in [0.25, 0.3) is 0 Å². The predicted molar refractivity (Wildman–Crippen MR) is 109 cm³/mol. The van der Waals surface area contributed by atoms with Crippen molar-refractivity contribution < 1.29 is 75.9 Å². The molecule has 2 aliphatic heterocycles. The number of benzene rings is 2. The van der Waals surface area contributed by atoms with E-state index in [1.807, 2.05) is 43.3 Å². The maximum absolute atomic E-state index is 12.4. The number of hydrogen-bond donors (Lipinski definition) is 2. The maximum atomic E-state index is 12.4. The average Bonchev–Trinajstić information content (AvgIpc) is 2.95. The first kappa shape index (κ1) is 24.4. The molecular weight excluding hydrogens is 423 g/mol. The van der Waals surface area contributed by atoms with Crippen LogP contribution in [0.4, 0.5) is 0 Å². The van der Waals surface area contributed by atoms with Crippen molar-refractivity contribution in [3.05, 3.63) is 53.2 Å². The molecule has 0 radical (unpaired) electrons. The number of carbonyl (C=O) groups is 2. The Morgan fingerprint density at radius 2 is 1.94 bits per heavy atom. The Hall–Kier alpha value is -1.26. The minimum Gasteiger partial charge on any atom is -0.543 e. The summed E-state index contributed by atoms with van der Waals surface area (Å²) in [5.41, 5.74) is 7.22. The fourth-order valence-electron chi connectivity index (χ4n) is 4.82. The van der Waals surface area contributed by atoms with Crippen LogP contribution in [-0.4, -0.2) is 47.2 Å². The van der Waals surface area contributed by atoms with E-state index >= 15 is 0 Å². The van der Waals surface area contributed by atoms with Crippen molar-refractivity contribution in [2.45, 2.75) is 32.4 Å². The first-order valence-electron chi connectivity index (χ1n) is 10.2. The number of hydrogen-bond acceptors (Lipinski definition) is 6. The molecule has 2 heterocycles. The Morgan fingerprint density at radius 3 is 2.58 bits per heavy atom. The largest absolute Gasteiger partial charge is 1.00 e. The number of aliphatic hydroxyl groups is 1. The molecule has 3 N–H and O–H groups in total. The summed E-state index contributed by atoms with van der Waals surface area (Å²) >= 11 is 0. The molecule has 4 rings (SSSR count). The van der Waals surface area contributed by atoms with Crippen molar-refractivity contribution in [3.8, 4) is 5.75 Å². The molecule has 0 saturated carbocycles. The molecule has 2 aromatic rings. The van der Waals surface area contributed by atoms with E-state index in [-0.39, 0.29) is 81.6 Å². The number of nitrogens with two attached hydrogens (primary N) is 1. The molecule has 4 atom stereocenters. The quantitative estimate of drug-likeness (QED) is 0.360. The van der Waals surface area contributed by atoms with Crippen molar-refractivity contribution >= 4 is 22.6 Å². The number of carboxylic acid groups (broad SMARTS) is 1. The van der Waals surface area contributed by atoms with Crippen LogP contribution in [0.3, 0.4) is 0 Å². The second-order valence-electron chi connectivity index (χ2n) is 8.01. The minimum atomic E-state index is -1.40. The van der Waals surface area contributed by atoms with E-state index in [0.717, 1.165) is 22.8 Å². The number of carbonyl (C=O) groups excluding carboxylic acids is 2. The van der Waals surface area contributed by atoms with Gasteiger partial charge in [-0.2, -0.15) is 0 Å². The van der Waals surface area contributed by atoms with E-state index in [1.165, 1.54) is 4.90 Å². The normalized spacial score (nSPS) is 23.3. The Kier molecular flexibility index (Phi) is 7.63. The molecule has 0 spiro atoms. The van der Waals surface area contributed by atoms with Crippen molar-refractivity contribution in [1.29, 1.82) is 0 Å². The SMILES string of the molecule is C[C@@H](O)[C@H]1C(=O)N2C(C(=O)[O-])=C(COc3cccc4c(CCN)cccc34)[C@H](C)[C@H]12.[K+]. The molecule has 0 bridgehead atoms. The van der Waals surface area contributed by atoms with Crippen LogP contribution in [0.25, 0.3) is 10.8 Å². The molecule has 158 valence electrons. The zero-order chi connectivity index (χ0) is 21.6. The molecule has 0 unspecified atom stereocenters. The number of amides is 1. The minimum absolute atomic E-state index is 0. The first-order valence-corrected chi connectivity index (χ1v) is 10.2. The number of ether oxygens (including phenoxy) is 1. The van der Waals surface area contributed by atoms with Gasteiger partial charge in [0.1, 0.15) is 12.4 Å². The zero-order valence-corrected chi connectivity index (χ0v) is 21.1. The third kappa shape index (κ3) is 4.11. The van der Waals surface area contributed by atoms with Crippen molar-refractivity contribution in [3.63, 3.8) is 0 Å². The Bertz CT molecular complexity index is 1050. The summed E-state index contributed by atoms with van der Waals surface area (Å²) in [5, 5.41) is 23.7. The zero-order valence-electron chi connectivity index (χ0n) is 18.0. The van der Waals surface area contributed by atoms with Gasteiger partial charge in [0, 0.05) is 11.3 Å². The summed E-state index contributed by atoms with van der Waals surface area (Å²) in [4.78, 5) is 25.5. The summed E-state index contributed by atoms with van der Waals surface area (Å²) in [5.74, 6) is -2.01. The second kappa shape index (κ2) is 9.70. The standard InChI is InChI=1S/C23H26N2O5.K/c1-12-17(21(23(28)29)25-20(12)19(13(2)26)22(25)27)11-30-18-8-4-6-15-14(9-10-24)5-3-7-16(15)18;/h3-8,12-13,19-20,26H,9-11,24H2,1-2H3,(H,28,29);/q;+1/p-1/t12-,13+,19+,20+;/m0./s1. The summed E-state index contributed by atoms with van der Waals surface area (Å²) < 4.78 is 6.06. The smallest absolute Gasteiger partial charge is 0.543 e. The summed E-state index contributed by atoms with van der Waals surface area (Å²) in [6, 6.07) is 11.3. The summed E-state index contributed by atoms with van der Waals surface area (Å²) in [6.45, 7) is 3.97. The van der Waals surface area contributed by atoms with Crippen LogP contribution in [0, 0.1) is 11.8 Å². The van der Waals surface area contributed by atoms with Crippen LogP contribution < -0.4 is 67.0 Å². The number of β-lactam (4-membered cyclic amide) rings is 1. The van der Waals surface area contributed by atoms with Gasteiger partial charge in [-0.05, 0) is 42.5 Å². The van der Waals surface area contributed by atoms with Crippen LogP contribution >= 0.6 is 0 Å². The number of fused-ring (bicyclic) bond motifs is 2. The molecule has 0 aromatic heterocycles. The molecule has 1 saturated heterocycles. The van der Waals surface area contributed by atoms with Crippen molar-refractivity contribution in [2.75, 3.05) is 13.2 Å². The van der Waals surface area contributed by atoms with Gasteiger partial charge in [0.15, 0.2) is 0 Å². The molecule has 2 aliphatic rings. The van der Waals surface area contributed by atoms with Crippen LogP contribution in [-0.2, 0) is 16.0 Å². The predicted octanol–water partition coefficient (Wildman–Crippen LogP) is -2.41. The Labute approximate surface area is 223 Å². The molecule has 31 heavy (non-hydrogen) atoms. The third-order valence-electron chi connectivity index (χ3n) is 6.28. The molecule has 7 nitrogen and oxygen atoms in total. The van der Waals surface area contributed by atoms with E-state index in [0.29, 0.717) is 17.9 Å².